The summed E-state index contributed by atoms with van der Waals surface area (Å²) in [5, 5.41) is 0. The van der Waals surface area contributed by atoms with Gasteiger partial charge in [-0.1, -0.05) is 12.8 Å². The molecular formula is C9H16N2O. The number of carbonyl (C=O) groups is 1. The monoisotopic (exact) mass is 168 g/mol. The Morgan fingerprint density at radius 2 is 2.33 bits per heavy atom. The van der Waals surface area contributed by atoms with Gasteiger partial charge in [-0.25, -0.2) is 0 Å². The summed E-state index contributed by atoms with van der Waals surface area (Å²) in [5.74, 6) is 2.71. The Kier molecular flexibility index (Phi) is 5.14. The highest BCUT2D eigenvalue weighted by molar-refractivity contribution is 5.76. The molecule has 0 saturated carbocycles. The average Bonchev–Trinajstić information content (AvgIpc) is 2.04. The van der Waals surface area contributed by atoms with E-state index in [1.54, 1.807) is 7.05 Å². The maximum Gasteiger partial charge on any atom is 0.223 e. The van der Waals surface area contributed by atoms with Crippen molar-refractivity contribution in [3.05, 3.63) is 0 Å². The van der Waals surface area contributed by atoms with E-state index < -0.39 is 0 Å². The van der Waals surface area contributed by atoms with E-state index in [0.717, 1.165) is 0 Å². The standard InChI is InChI=1S/C9H16N2O/c1-4-5-11(3)9(12)6-8(2)7-10/h1,8H,5-7,10H2,2-3H3. The lowest BCUT2D eigenvalue weighted by Crippen LogP contribution is -2.29. The molecule has 3 heteroatoms. The third kappa shape index (κ3) is 3.99. The Balaban J connectivity index is 3.80. The molecule has 0 aliphatic rings. The highest BCUT2D eigenvalue weighted by Gasteiger charge is 2.10. The van der Waals surface area contributed by atoms with Gasteiger partial charge in [0.2, 0.25) is 5.91 Å². The van der Waals surface area contributed by atoms with Crippen LogP contribution in [0.5, 0.6) is 0 Å². The van der Waals surface area contributed by atoms with E-state index in [-0.39, 0.29) is 11.8 Å². The van der Waals surface area contributed by atoms with E-state index in [2.05, 4.69) is 5.92 Å². The summed E-state index contributed by atoms with van der Waals surface area (Å²) in [6.07, 6.45) is 5.54. The molecule has 68 valence electrons. The Hall–Kier alpha value is -1.01. The molecule has 0 aliphatic carbocycles. The zero-order valence-corrected chi connectivity index (χ0v) is 7.71. The van der Waals surface area contributed by atoms with Crippen LogP contribution >= 0.6 is 0 Å². The SMILES string of the molecule is C#CCN(C)C(=O)CC(C)CN. The summed E-state index contributed by atoms with van der Waals surface area (Å²) in [6, 6.07) is 0. The number of terminal acetylenes is 1. The lowest BCUT2D eigenvalue weighted by atomic mass is 10.1. The van der Waals surface area contributed by atoms with Crippen molar-refractivity contribution in [1.29, 1.82) is 0 Å². The number of hydrogen-bond acceptors (Lipinski definition) is 2. The number of carbonyl (C=O) groups excluding carboxylic acids is 1. The molecule has 3 nitrogen and oxygen atoms in total. The van der Waals surface area contributed by atoms with Crippen LogP contribution in [0.4, 0.5) is 0 Å². The van der Waals surface area contributed by atoms with Crippen LogP contribution in [0.1, 0.15) is 13.3 Å². The van der Waals surface area contributed by atoms with Crippen molar-refractivity contribution >= 4 is 5.91 Å². The smallest absolute Gasteiger partial charge is 0.223 e. The Morgan fingerprint density at radius 1 is 1.75 bits per heavy atom. The lowest BCUT2D eigenvalue weighted by Gasteiger charge is -2.15. The van der Waals surface area contributed by atoms with E-state index in [1.165, 1.54) is 4.90 Å². The van der Waals surface area contributed by atoms with Gasteiger partial charge in [0.1, 0.15) is 0 Å². The van der Waals surface area contributed by atoms with E-state index in [9.17, 15) is 4.79 Å². The molecule has 12 heavy (non-hydrogen) atoms. The van der Waals surface area contributed by atoms with Gasteiger partial charge < -0.3 is 10.6 Å². The molecule has 2 N–H and O–H groups in total. The van der Waals surface area contributed by atoms with Crippen LogP contribution in [0.2, 0.25) is 0 Å². The highest BCUT2D eigenvalue weighted by atomic mass is 16.2. The minimum absolute atomic E-state index is 0.0610. The van der Waals surface area contributed by atoms with E-state index in [0.29, 0.717) is 19.5 Å². The predicted octanol–water partition coefficient (Wildman–Crippen LogP) is 0.0629. The average molecular weight is 168 g/mol. The molecule has 1 amide bonds. The van der Waals surface area contributed by atoms with Crippen LogP contribution in [0.25, 0.3) is 0 Å². The molecule has 0 spiro atoms. The normalized spacial score (nSPS) is 11.8. The van der Waals surface area contributed by atoms with Crippen LogP contribution in [-0.2, 0) is 4.79 Å². The number of nitrogens with zero attached hydrogens (tertiary/aromatic N) is 1. The van der Waals surface area contributed by atoms with Crippen LogP contribution in [-0.4, -0.2) is 30.9 Å². The van der Waals surface area contributed by atoms with Gasteiger partial charge in [0.05, 0.1) is 6.54 Å². The second kappa shape index (κ2) is 5.62. The Bertz CT molecular complexity index is 183. The van der Waals surface area contributed by atoms with Gasteiger partial charge >= 0.3 is 0 Å². The van der Waals surface area contributed by atoms with Gasteiger partial charge in [0, 0.05) is 13.5 Å². The highest BCUT2D eigenvalue weighted by Crippen LogP contribution is 2.01. The topological polar surface area (TPSA) is 46.3 Å². The molecule has 0 heterocycles. The quantitative estimate of drug-likeness (QED) is 0.603. The van der Waals surface area contributed by atoms with Gasteiger partial charge in [0.25, 0.3) is 0 Å². The zero-order valence-electron chi connectivity index (χ0n) is 7.71. The first-order chi connectivity index (χ1) is 5.61. The van der Waals surface area contributed by atoms with Gasteiger partial charge in [-0.05, 0) is 12.5 Å². The fourth-order valence-electron chi connectivity index (χ4n) is 0.762. The molecule has 1 unspecified atom stereocenters. The molecule has 0 fully saturated rings. The fourth-order valence-corrected chi connectivity index (χ4v) is 0.762. The van der Waals surface area contributed by atoms with E-state index in [4.69, 9.17) is 12.2 Å². The first-order valence-corrected chi connectivity index (χ1v) is 3.99. The van der Waals surface area contributed by atoms with Crippen molar-refractivity contribution in [2.45, 2.75) is 13.3 Å². The molecule has 0 bridgehead atoms. The molecule has 0 aromatic heterocycles. The first-order valence-electron chi connectivity index (χ1n) is 3.99. The molecule has 0 aliphatic heterocycles. The molecule has 0 aromatic carbocycles. The molecule has 0 saturated heterocycles. The third-order valence-corrected chi connectivity index (χ3v) is 1.68. The summed E-state index contributed by atoms with van der Waals surface area (Å²) in [7, 11) is 1.70. The Morgan fingerprint density at radius 3 is 2.75 bits per heavy atom. The van der Waals surface area contributed by atoms with Gasteiger partial charge in [-0.15, -0.1) is 6.42 Å². The van der Waals surface area contributed by atoms with Crippen LogP contribution in [0.3, 0.4) is 0 Å². The second-order valence-corrected chi connectivity index (χ2v) is 3.00. The Labute approximate surface area is 73.9 Å². The molecule has 0 aromatic rings. The number of nitrogens with two attached hydrogens (primary N) is 1. The summed E-state index contributed by atoms with van der Waals surface area (Å²) in [5.41, 5.74) is 5.38. The summed E-state index contributed by atoms with van der Waals surface area (Å²) >= 11 is 0. The lowest BCUT2D eigenvalue weighted by molar-refractivity contribution is -0.130. The van der Waals surface area contributed by atoms with E-state index >= 15 is 0 Å². The predicted molar refractivity (Wildman–Crippen MR) is 49.3 cm³/mol. The number of hydrogen-bond donors (Lipinski definition) is 1. The van der Waals surface area contributed by atoms with Gasteiger partial charge in [-0.2, -0.15) is 0 Å². The van der Waals surface area contributed by atoms with Crippen LogP contribution < -0.4 is 5.73 Å². The van der Waals surface area contributed by atoms with Gasteiger partial charge in [-0.3, -0.25) is 4.79 Å². The summed E-state index contributed by atoms with van der Waals surface area (Å²) in [6.45, 7) is 2.85. The second-order valence-electron chi connectivity index (χ2n) is 3.00. The largest absolute Gasteiger partial charge is 0.335 e. The molecule has 0 radical (unpaired) electrons. The van der Waals surface area contributed by atoms with Crippen molar-refractivity contribution in [3.8, 4) is 12.3 Å². The fraction of sp³-hybridized carbons (Fsp3) is 0.667. The summed E-state index contributed by atoms with van der Waals surface area (Å²) < 4.78 is 0. The molecule has 1 atom stereocenters. The van der Waals surface area contributed by atoms with Crippen molar-refractivity contribution in [2.75, 3.05) is 20.1 Å². The maximum atomic E-state index is 11.3. The summed E-state index contributed by atoms with van der Waals surface area (Å²) in [4.78, 5) is 12.8. The first kappa shape index (κ1) is 11.0. The van der Waals surface area contributed by atoms with Crippen molar-refractivity contribution < 1.29 is 4.79 Å². The molecular weight excluding hydrogens is 152 g/mol. The van der Waals surface area contributed by atoms with Crippen molar-refractivity contribution in [2.24, 2.45) is 11.7 Å². The third-order valence-electron chi connectivity index (χ3n) is 1.68. The van der Waals surface area contributed by atoms with Crippen LogP contribution in [0.15, 0.2) is 0 Å². The minimum atomic E-state index is 0.0610. The molecule has 0 rings (SSSR count). The maximum absolute atomic E-state index is 11.3. The van der Waals surface area contributed by atoms with Crippen LogP contribution in [0, 0.1) is 18.3 Å². The van der Waals surface area contributed by atoms with Crippen molar-refractivity contribution in [3.63, 3.8) is 0 Å². The van der Waals surface area contributed by atoms with Crippen molar-refractivity contribution in [1.82, 2.24) is 4.90 Å². The number of rotatable bonds is 4. The van der Waals surface area contributed by atoms with Gasteiger partial charge in [0.15, 0.2) is 0 Å². The minimum Gasteiger partial charge on any atom is -0.335 e. The van der Waals surface area contributed by atoms with E-state index in [1.807, 2.05) is 6.92 Å². The number of amides is 1. The zero-order chi connectivity index (χ0) is 9.56.